The molecule has 27 heavy (non-hydrogen) atoms. The van der Waals surface area contributed by atoms with Crippen LogP contribution in [0.15, 0.2) is 25.3 Å². The van der Waals surface area contributed by atoms with Crippen LogP contribution in [0.2, 0.25) is 0 Å². The molecule has 0 aliphatic heterocycles. The van der Waals surface area contributed by atoms with E-state index in [1.54, 1.807) is 0 Å². The van der Waals surface area contributed by atoms with Crippen LogP contribution in [0, 0.1) is 0 Å². The number of carbonyl (C=O) groups excluding carboxylic acids is 2. The Morgan fingerprint density at radius 1 is 0.630 bits per heavy atom. The second kappa shape index (κ2) is 7.76. The summed E-state index contributed by atoms with van der Waals surface area (Å²) in [6, 6.07) is 0. The normalized spacial score (nSPS) is 13.7. The summed E-state index contributed by atoms with van der Waals surface area (Å²) in [7, 11) is 0. The molecule has 0 aromatic heterocycles. The van der Waals surface area contributed by atoms with Crippen LogP contribution in [0.5, 0.6) is 0 Å². The van der Waals surface area contributed by atoms with Gasteiger partial charge in [-0.25, -0.2) is 0 Å². The van der Waals surface area contributed by atoms with Gasteiger partial charge < -0.3 is 10.6 Å². The molecule has 0 saturated carbocycles. The first-order chi connectivity index (χ1) is 12.0. The quantitative estimate of drug-likeness (QED) is 0.424. The van der Waals surface area contributed by atoms with Crippen molar-refractivity contribution in [2.45, 2.75) is 29.6 Å². The first-order valence-corrected chi connectivity index (χ1v) is 6.64. The van der Waals surface area contributed by atoms with Crippen LogP contribution in [0.3, 0.4) is 0 Å². The second-order valence-corrected chi connectivity index (χ2v) is 4.87. The summed E-state index contributed by atoms with van der Waals surface area (Å²) in [5, 5.41) is 1.90. The average Bonchev–Trinajstić information content (AvgIpc) is 2.56. The number of amides is 2. The predicted octanol–water partition coefficient (Wildman–Crippen LogP) is 2.77. The Labute approximate surface area is 145 Å². The van der Waals surface area contributed by atoms with E-state index in [1.807, 2.05) is 0 Å². The zero-order chi connectivity index (χ0) is 21.9. The summed E-state index contributed by atoms with van der Waals surface area (Å²) in [5.74, 6) is -41.5. The van der Waals surface area contributed by atoms with Crippen molar-refractivity contribution in [2.75, 3.05) is 13.1 Å². The molecule has 0 unspecified atom stereocenters. The van der Waals surface area contributed by atoms with Gasteiger partial charge in [0.15, 0.2) is 0 Å². The Kier molecular flexibility index (Phi) is 7.11. The van der Waals surface area contributed by atoms with Gasteiger partial charge in [0, 0.05) is 13.1 Å². The minimum atomic E-state index is -7.52. The number of halogens is 10. The number of hydrogen-bond acceptors (Lipinski definition) is 2. The Bertz CT molecular complexity index is 554. The van der Waals surface area contributed by atoms with E-state index in [1.165, 1.54) is 0 Å². The Hall–Kier alpha value is -2.28. The largest absolute Gasteiger partial charge is 0.392 e. The van der Waals surface area contributed by atoms with Crippen molar-refractivity contribution in [2.24, 2.45) is 0 Å². The first kappa shape index (κ1) is 24.7. The molecule has 2 N–H and O–H groups in total. The third-order valence-electron chi connectivity index (χ3n) is 2.96. The maximum Gasteiger partial charge on any atom is 0.392 e. The highest BCUT2D eigenvalue weighted by Crippen LogP contribution is 2.57. The highest BCUT2D eigenvalue weighted by atomic mass is 19.4. The summed E-state index contributed by atoms with van der Waals surface area (Å²) in [6.07, 6.45) is 1.30. The van der Waals surface area contributed by atoms with Crippen LogP contribution in [0.4, 0.5) is 43.9 Å². The molecule has 0 aromatic rings. The first-order valence-electron chi connectivity index (χ1n) is 6.64. The average molecular weight is 418 g/mol. The van der Waals surface area contributed by atoms with E-state index in [4.69, 9.17) is 0 Å². The van der Waals surface area contributed by atoms with Gasteiger partial charge in [0.05, 0.1) is 0 Å². The third kappa shape index (κ3) is 3.88. The number of rotatable bonds is 10. The Morgan fingerprint density at radius 2 is 0.889 bits per heavy atom. The Balaban J connectivity index is 6.10. The van der Waals surface area contributed by atoms with Gasteiger partial charge in [-0.1, -0.05) is 12.2 Å². The summed E-state index contributed by atoms with van der Waals surface area (Å²) >= 11 is 0. The van der Waals surface area contributed by atoms with Gasteiger partial charge in [-0.2, -0.15) is 43.9 Å². The Morgan fingerprint density at radius 3 is 1.11 bits per heavy atom. The predicted molar refractivity (Wildman–Crippen MR) is 71.1 cm³/mol. The fourth-order valence-electron chi connectivity index (χ4n) is 1.43. The number of carbonyl (C=O) groups is 2. The van der Waals surface area contributed by atoms with E-state index in [2.05, 4.69) is 13.2 Å². The van der Waals surface area contributed by atoms with Crippen molar-refractivity contribution in [3.05, 3.63) is 25.3 Å². The molecular weight excluding hydrogens is 406 g/mol. The minimum Gasteiger partial charge on any atom is -0.347 e. The fraction of sp³-hybridized carbons (Fsp3) is 0.538. The lowest BCUT2D eigenvalue weighted by atomic mass is 9.93. The van der Waals surface area contributed by atoms with E-state index in [0.717, 1.165) is 10.6 Å². The van der Waals surface area contributed by atoms with Crippen LogP contribution in [0.1, 0.15) is 0 Å². The lowest BCUT2D eigenvalue weighted by Crippen LogP contribution is -2.71. The molecule has 0 bridgehead atoms. The second-order valence-electron chi connectivity index (χ2n) is 4.87. The van der Waals surface area contributed by atoms with Crippen molar-refractivity contribution in [1.29, 1.82) is 0 Å². The number of alkyl halides is 10. The minimum absolute atomic E-state index is 0.650. The zero-order valence-corrected chi connectivity index (χ0v) is 13.1. The molecular formula is C13H12F10N2O2. The topological polar surface area (TPSA) is 58.2 Å². The summed E-state index contributed by atoms with van der Waals surface area (Å²) in [4.78, 5) is 21.8. The molecule has 14 heteroatoms. The van der Waals surface area contributed by atoms with Crippen LogP contribution in [-0.2, 0) is 9.59 Å². The van der Waals surface area contributed by atoms with Crippen molar-refractivity contribution in [3.63, 3.8) is 0 Å². The molecule has 0 aliphatic rings. The molecule has 156 valence electrons. The molecule has 0 aromatic carbocycles. The van der Waals surface area contributed by atoms with Gasteiger partial charge in [0.1, 0.15) is 0 Å². The molecule has 4 nitrogen and oxygen atoms in total. The van der Waals surface area contributed by atoms with Crippen molar-refractivity contribution in [1.82, 2.24) is 10.6 Å². The lowest BCUT2D eigenvalue weighted by Gasteiger charge is -2.38. The molecule has 0 radical (unpaired) electrons. The van der Waals surface area contributed by atoms with Crippen LogP contribution in [-0.4, -0.2) is 54.5 Å². The maximum absolute atomic E-state index is 13.5. The number of nitrogens with one attached hydrogen (secondary N) is 2. The molecule has 0 spiro atoms. The van der Waals surface area contributed by atoms with E-state index in [-0.39, 0.29) is 0 Å². The van der Waals surface area contributed by atoms with Crippen molar-refractivity contribution < 1.29 is 53.5 Å². The summed E-state index contributed by atoms with van der Waals surface area (Å²) in [6.45, 7) is 3.85. The molecule has 0 heterocycles. The van der Waals surface area contributed by atoms with Crippen LogP contribution in [0.25, 0.3) is 0 Å². The smallest absolute Gasteiger partial charge is 0.347 e. The highest BCUT2D eigenvalue weighted by molar-refractivity contribution is 5.86. The fourth-order valence-corrected chi connectivity index (χ4v) is 1.43. The van der Waals surface area contributed by atoms with E-state index >= 15 is 0 Å². The molecule has 0 saturated heterocycles. The van der Waals surface area contributed by atoms with Crippen molar-refractivity contribution >= 4 is 11.8 Å². The lowest BCUT2D eigenvalue weighted by molar-refractivity contribution is -0.387. The molecule has 0 atom stereocenters. The van der Waals surface area contributed by atoms with E-state index in [9.17, 15) is 53.5 Å². The molecule has 0 rings (SSSR count). The summed E-state index contributed by atoms with van der Waals surface area (Å²) < 4.78 is 134. The monoisotopic (exact) mass is 418 g/mol. The van der Waals surface area contributed by atoms with Gasteiger partial charge in [-0.05, 0) is 0 Å². The number of hydrogen-bond donors (Lipinski definition) is 2. The van der Waals surface area contributed by atoms with Gasteiger partial charge in [0.25, 0.3) is 11.8 Å². The zero-order valence-electron chi connectivity index (χ0n) is 13.1. The summed E-state index contributed by atoms with van der Waals surface area (Å²) in [5.41, 5.74) is 0. The third-order valence-corrected chi connectivity index (χ3v) is 2.96. The standard InChI is InChI=1S/C13H12F10N2O2/c1-3-5-24-7(26)9(14,15)11(18,19)13(22,23)12(20,21)10(16,17)8(27)25-6-4-2/h3-4H,1-2,5-6H2,(H,24,26)(H,25,27). The van der Waals surface area contributed by atoms with Crippen LogP contribution >= 0.6 is 0 Å². The van der Waals surface area contributed by atoms with E-state index < -0.39 is 54.5 Å². The maximum atomic E-state index is 13.5. The highest BCUT2D eigenvalue weighted by Gasteiger charge is 2.88. The van der Waals surface area contributed by atoms with Crippen molar-refractivity contribution in [3.8, 4) is 0 Å². The van der Waals surface area contributed by atoms with Gasteiger partial charge in [-0.3, -0.25) is 9.59 Å². The van der Waals surface area contributed by atoms with Gasteiger partial charge in [-0.15, -0.1) is 13.2 Å². The molecule has 0 fully saturated rings. The van der Waals surface area contributed by atoms with E-state index in [0.29, 0.717) is 12.2 Å². The molecule has 0 aliphatic carbocycles. The van der Waals surface area contributed by atoms with Gasteiger partial charge >= 0.3 is 29.6 Å². The SMILES string of the molecule is C=CCNC(=O)C(F)(F)C(F)(F)C(F)(F)C(F)(F)C(F)(F)C(=O)NCC=C. The molecule has 2 amide bonds. The van der Waals surface area contributed by atoms with Crippen LogP contribution < -0.4 is 10.6 Å². The van der Waals surface area contributed by atoms with Gasteiger partial charge in [0.2, 0.25) is 0 Å².